The van der Waals surface area contributed by atoms with Crippen LogP contribution in [0.1, 0.15) is 77.1 Å². The van der Waals surface area contributed by atoms with E-state index in [1.54, 1.807) is 4.90 Å². The summed E-state index contributed by atoms with van der Waals surface area (Å²) in [6.45, 7) is 8.69. The Balaban J connectivity index is 1.02. The van der Waals surface area contributed by atoms with Gasteiger partial charge in [0.25, 0.3) is 0 Å². The second-order valence-electron chi connectivity index (χ2n) is 16.0. The predicted octanol–water partition coefficient (Wildman–Crippen LogP) is 7.63. The zero-order chi connectivity index (χ0) is 41.2. The number of likely N-dealkylation sites (N-methyl/N-ethyl adjacent to an activating group) is 1. The molecule has 2 aromatic heterocycles. The van der Waals surface area contributed by atoms with Crippen molar-refractivity contribution in [2.24, 2.45) is 11.8 Å². The minimum atomic E-state index is -1.12. The fourth-order valence-electron chi connectivity index (χ4n) is 8.40. The number of alkyl carbamates (subject to hydrolysis) is 1. The molecule has 2 aliphatic heterocycles. The zero-order valence-electron chi connectivity index (χ0n) is 33.9. The third kappa shape index (κ3) is 8.00. The summed E-state index contributed by atoms with van der Waals surface area (Å²) in [5.74, 6) is 0.823. The number of methoxy groups -OCH3 is 1. The molecule has 4 amide bonds. The molecule has 7 rings (SSSR count). The Morgan fingerprint density at radius 2 is 1.33 bits per heavy atom. The lowest BCUT2D eigenvalue weighted by molar-refractivity contribution is -0.138. The van der Waals surface area contributed by atoms with Gasteiger partial charge >= 0.3 is 12.2 Å². The Labute approximate surface area is 338 Å². The molecule has 0 bridgehead atoms. The van der Waals surface area contributed by atoms with Gasteiger partial charge in [-0.05, 0) is 71.9 Å². The van der Waals surface area contributed by atoms with Crippen molar-refractivity contribution in [3.05, 3.63) is 84.6 Å². The van der Waals surface area contributed by atoms with E-state index in [4.69, 9.17) is 14.7 Å². The lowest BCUT2D eigenvalue weighted by atomic mass is 9.99. The Kier molecular flexibility index (Phi) is 11.6. The first kappa shape index (κ1) is 40.0. The van der Waals surface area contributed by atoms with Gasteiger partial charge in [0.1, 0.15) is 23.7 Å². The quantitative estimate of drug-likeness (QED) is 0.106. The first-order chi connectivity index (χ1) is 27.8. The Bertz CT molecular complexity index is 2280. The number of imidazole rings is 2. The number of aromatic nitrogens is 4. The van der Waals surface area contributed by atoms with Crippen molar-refractivity contribution in [3.8, 4) is 33.5 Å². The molecule has 4 heterocycles. The van der Waals surface area contributed by atoms with Crippen LogP contribution in [0, 0.1) is 11.8 Å². The second-order valence-corrected chi connectivity index (χ2v) is 16.0. The van der Waals surface area contributed by atoms with Crippen molar-refractivity contribution in [2.75, 3.05) is 27.2 Å². The molecular formula is C44H52N8O6. The van der Waals surface area contributed by atoms with Gasteiger partial charge in [-0.2, -0.15) is 0 Å². The van der Waals surface area contributed by atoms with Crippen LogP contribution in [0.25, 0.3) is 44.5 Å². The van der Waals surface area contributed by atoms with Crippen LogP contribution in [0.3, 0.4) is 0 Å². The summed E-state index contributed by atoms with van der Waals surface area (Å²) in [6.07, 6.45) is 3.33. The highest BCUT2D eigenvalue weighted by molar-refractivity contribution is 5.88. The van der Waals surface area contributed by atoms with Crippen LogP contribution in [-0.2, 0) is 14.3 Å². The summed E-state index contributed by atoms with van der Waals surface area (Å²) in [4.78, 5) is 72.2. The molecule has 0 unspecified atom stereocenters. The molecule has 304 valence electrons. The number of carbonyl (C=O) groups is 4. The molecule has 2 saturated heterocycles. The molecular weight excluding hydrogens is 737 g/mol. The van der Waals surface area contributed by atoms with E-state index in [-0.39, 0.29) is 35.7 Å². The molecule has 14 heteroatoms. The van der Waals surface area contributed by atoms with Crippen LogP contribution in [-0.4, -0.2) is 103 Å². The number of carbonyl (C=O) groups excluding carboxylic acids is 3. The highest BCUT2D eigenvalue weighted by atomic mass is 16.5. The van der Waals surface area contributed by atoms with Crippen LogP contribution < -0.4 is 5.32 Å². The first-order valence-electron chi connectivity index (χ1n) is 20.0. The number of aromatic amines is 2. The fraction of sp³-hybridized carbons (Fsp3) is 0.409. The maximum Gasteiger partial charge on any atom is 0.407 e. The van der Waals surface area contributed by atoms with E-state index in [1.807, 2.05) is 57.0 Å². The lowest BCUT2D eigenvalue weighted by Gasteiger charge is -2.33. The monoisotopic (exact) mass is 788 g/mol. The number of hydrogen-bond acceptors (Lipinski definition) is 7. The summed E-state index contributed by atoms with van der Waals surface area (Å²) in [5.41, 5.74) is 7.63. The third-order valence-electron chi connectivity index (χ3n) is 11.5. The SMILES string of the molecule is COC(=O)N[C@H](C(=O)N1CCC[C@H]1c1nc(-c2ccc(-c3ccc(-c4ccc5[nH]c([C@@H]6CCCN6C(=O)[C@H](C(C)C)N(C)C(=O)O)nc5c4)cc3)cc2)c[nH]1)C(C)C. The minimum Gasteiger partial charge on any atom is -0.465 e. The Morgan fingerprint density at radius 1 is 0.776 bits per heavy atom. The zero-order valence-corrected chi connectivity index (χ0v) is 33.9. The van der Waals surface area contributed by atoms with E-state index in [0.29, 0.717) is 18.9 Å². The van der Waals surface area contributed by atoms with Gasteiger partial charge in [0, 0.05) is 31.9 Å². The van der Waals surface area contributed by atoms with Gasteiger partial charge in [0.2, 0.25) is 11.8 Å². The van der Waals surface area contributed by atoms with E-state index in [9.17, 15) is 24.3 Å². The second kappa shape index (κ2) is 16.7. The molecule has 0 spiro atoms. The van der Waals surface area contributed by atoms with Crippen molar-refractivity contribution in [1.82, 2.24) is 40.0 Å². The van der Waals surface area contributed by atoms with Crippen molar-refractivity contribution in [2.45, 2.75) is 77.5 Å². The van der Waals surface area contributed by atoms with Gasteiger partial charge < -0.3 is 34.9 Å². The van der Waals surface area contributed by atoms with Crippen molar-refractivity contribution in [3.63, 3.8) is 0 Å². The van der Waals surface area contributed by atoms with Gasteiger partial charge in [-0.1, -0.05) is 82.3 Å². The number of nitrogens with one attached hydrogen (secondary N) is 3. The molecule has 4 atom stereocenters. The van der Waals surface area contributed by atoms with Crippen LogP contribution in [0.4, 0.5) is 9.59 Å². The first-order valence-corrected chi connectivity index (χ1v) is 20.0. The van der Waals surface area contributed by atoms with Gasteiger partial charge in [-0.15, -0.1) is 0 Å². The van der Waals surface area contributed by atoms with Gasteiger partial charge in [-0.3, -0.25) is 14.5 Å². The topological polar surface area (TPSA) is 177 Å². The smallest absolute Gasteiger partial charge is 0.407 e. The number of rotatable bonds is 11. The molecule has 0 aliphatic carbocycles. The molecule has 14 nitrogen and oxygen atoms in total. The summed E-state index contributed by atoms with van der Waals surface area (Å²) >= 11 is 0. The van der Waals surface area contributed by atoms with E-state index < -0.39 is 24.3 Å². The number of benzene rings is 3. The Morgan fingerprint density at radius 3 is 1.90 bits per heavy atom. The number of hydrogen-bond donors (Lipinski definition) is 4. The number of H-pyrrole nitrogens is 2. The Hall–Kier alpha value is -6.18. The van der Waals surface area contributed by atoms with Crippen LogP contribution in [0.2, 0.25) is 0 Å². The van der Waals surface area contributed by atoms with Crippen LogP contribution in [0.5, 0.6) is 0 Å². The maximum absolute atomic E-state index is 13.7. The van der Waals surface area contributed by atoms with Gasteiger partial charge in [0.05, 0.1) is 35.9 Å². The maximum atomic E-state index is 13.7. The molecule has 4 N–H and O–H groups in total. The standard InChI is InChI=1S/C44H52N8O6/c1-25(2)37(49-43(55)58-6)41(53)51-21-7-9-35(51)39-45-24-34(48-39)30-17-15-28(16-18-30)27-11-13-29(14-12-27)31-19-20-32-33(23-31)47-40(46-32)36-10-8-22-52(36)42(54)38(26(3)4)50(5)44(56)57/h11-20,23-26,35-38H,7-10,21-22H2,1-6H3,(H,45,48)(H,46,47)(H,49,55)(H,56,57)/t35-,36-,37-,38-/m0/s1. The van der Waals surface area contributed by atoms with E-state index >= 15 is 0 Å². The number of ether oxygens (including phenoxy) is 1. The fourth-order valence-corrected chi connectivity index (χ4v) is 8.40. The largest absolute Gasteiger partial charge is 0.465 e. The summed E-state index contributed by atoms with van der Waals surface area (Å²) in [5, 5.41) is 12.3. The highest BCUT2D eigenvalue weighted by Gasteiger charge is 2.40. The van der Waals surface area contributed by atoms with Crippen LogP contribution >= 0.6 is 0 Å². The van der Waals surface area contributed by atoms with E-state index in [1.165, 1.54) is 14.2 Å². The molecule has 5 aromatic rings. The van der Waals surface area contributed by atoms with Crippen molar-refractivity contribution >= 4 is 35.0 Å². The van der Waals surface area contributed by atoms with Crippen molar-refractivity contribution < 1.29 is 29.0 Å². The van der Waals surface area contributed by atoms with Gasteiger partial charge in [-0.25, -0.2) is 19.6 Å². The predicted molar refractivity (Wildman–Crippen MR) is 221 cm³/mol. The normalized spacial score (nSPS) is 17.9. The molecule has 58 heavy (non-hydrogen) atoms. The number of fused-ring (bicyclic) bond motifs is 1. The van der Waals surface area contributed by atoms with E-state index in [2.05, 4.69) is 63.8 Å². The highest BCUT2D eigenvalue weighted by Crippen LogP contribution is 2.36. The van der Waals surface area contributed by atoms with Crippen LogP contribution in [0.15, 0.2) is 72.9 Å². The average molecular weight is 789 g/mol. The summed E-state index contributed by atoms with van der Waals surface area (Å²) in [6, 6.07) is 20.9. The van der Waals surface area contributed by atoms with Crippen molar-refractivity contribution in [1.29, 1.82) is 0 Å². The number of carboxylic acid groups (broad SMARTS) is 1. The molecule has 0 saturated carbocycles. The number of amides is 4. The number of likely N-dealkylation sites (tertiary alicyclic amines) is 2. The lowest BCUT2D eigenvalue weighted by Crippen LogP contribution is -2.51. The summed E-state index contributed by atoms with van der Waals surface area (Å²) in [7, 11) is 2.74. The van der Waals surface area contributed by atoms with Gasteiger partial charge in [0.15, 0.2) is 0 Å². The molecule has 3 aromatic carbocycles. The molecule has 2 fully saturated rings. The molecule has 0 radical (unpaired) electrons. The molecule has 2 aliphatic rings. The average Bonchev–Trinajstić information content (AvgIpc) is 4.05. The number of nitrogens with zero attached hydrogens (tertiary/aromatic N) is 5. The minimum absolute atomic E-state index is 0.106. The van der Waals surface area contributed by atoms with E-state index in [0.717, 1.165) is 81.0 Å². The third-order valence-corrected chi connectivity index (χ3v) is 11.5. The summed E-state index contributed by atoms with van der Waals surface area (Å²) < 4.78 is 4.76.